The third-order valence-electron chi connectivity index (χ3n) is 2.52. The van der Waals surface area contributed by atoms with Crippen LogP contribution in [0.1, 0.15) is 11.1 Å². The Morgan fingerprint density at radius 2 is 1.65 bits per heavy atom. The number of hydrogen-bond donors (Lipinski definition) is 0. The predicted octanol–water partition coefficient (Wildman–Crippen LogP) is 3.13. The highest BCUT2D eigenvalue weighted by Crippen LogP contribution is 2.29. The van der Waals surface area contributed by atoms with E-state index in [1.54, 1.807) is 24.3 Å². The molecule has 2 aromatic rings. The Labute approximate surface area is 114 Å². The molecule has 0 bridgehead atoms. The molecule has 0 fully saturated rings. The molecule has 0 radical (unpaired) electrons. The van der Waals surface area contributed by atoms with E-state index in [-0.39, 0.29) is 17.0 Å². The average Bonchev–Trinajstić information content (AvgIpc) is 2.48. The number of nitriles is 2. The van der Waals surface area contributed by atoms with Gasteiger partial charge in [-0.3, -0.25) is 10.1 Å². The van der Waals surface area contributed by atoms with Crippen molar-refractivity contribution in [1.29, 1.82) is 10.5 Å². The van der Waals surface area contributed by atoms with Crippen LogP contribution in [-0.2, 0) is 0 Å². The highest BCUT2D eigenvalue weighted by Gasteiger charge is 2.13. The Morgan fingerprint density at radius 1 is 1.00 bits per heavy atom. The summed E-state index contributed by atoms with van der Waals surface area (Å²) in [5.74, 6) is 0.459. The van der Waals surface area contributed by atoms with Crippen molar-refractivity contribution in [3.63, 3.8) is 0 Å². The Morgan fingerprint density at radius 3 is 2.30 bits per heavy atom. The van der Waals surface area contributed by atoms with E-state index >= 15 is 0 Å². The number of para-hydroxylation sites is 1. The molecule has 20 heavy (non-hydrogen) atoms. The smallest absolute Gasteiger partial charge is 0.271 e. The number of benzene rings is 2. The van der Waals surface area contributed by atoms with Gasteiger partial charge in [-0.05, 0) is 18.2 Å². The van der Waals surface area contributed by atoms with Gasteiger partial charge in [-0.2, -0.15) is 10.5 Å². The fourth-order valence-corrected chi connectivity index (χ4v) is 1.57. The molecule has 96 valence electrons. The van der Waals surface area contributed by atoms with Gasteiger partial charge in [0, 0.05) is 12.1 Å². The number of non-ortho nitro benzene ring substituents is 1. The number of nitro benzene ring substituents is 1. The van der Waals surface area contributed by atoms with E-state index in [0.29, 0.717) is 11.3 Å². The van der Waals surface area contributed by atoms with Crippen LogP contribution < -0.4 is 4.74 Å². The molecule has 0 spiro atoms. The molecule has 0 aliphatic heterocycles. The van der Waals surface area contributed by atoms with Crippen LogP contribution >= 0.6 is 0 Å². The first-order chi connectivity index (χ1) is 9.65. The van der Waals surface area contributed by atoms with E-state index in [1.165, 1.54) is 12.1 Å². The van der Waals surface area contributed by atoms with Crippen molar-refractivity contribution < 1.29 is 9.66 Å². The summed E-state index contributed by atoms with van der Waals surface area (Å²) in [7, 11) is 0. The second kappa shape index (κ2) is 5.51. The highest BCUT2D eigenvalue weighted by atomic mass is 16.6. The summed E-state index contributed by atoms with van der Waals surface area (Å²) < 4.78 is 5.49. The number of rotatable bonds is 3. The zero-order chi connectivity index (χ0) is 14.5. The molecule has 2 aromatic carbocycles. The first kappa shape index (κ1) is 13.1. The fourth-order valence-electron chi connectivity index (χ4n) is 1.57. The first-order valence-corrected chi connectivity index (χ1v) is 5.51. The Balaban J connectivity index is 2.42. The SMILES string of the molecule is N#Cc1ccccc1Oc1ccc([N+](=O)[O-])cc1C#N. The summed E-state index contributed by atoms with van der Waals surface area (Å²) in [5, 5.41) is 28.6. The van der Waals surface area contributed by atoms with Crippen molar-refractivity contribution in [2.24, 2.45) is 0 Å². The Kier molecular flexibility index (Phi) is 3.60. The van der Waals surface area contributed by atoms with Crippen molar-refractivity contribution in [3.8, 4) is 23.6 Å². The van der Waals surface area contributed by atoms with Crippen molar-refractivity contribution in [3.05, 3.63) is 63.7 Å². The van der Waals surface area contributed by atoms with E-state index in [9.17, 15) is 10.1 Å². The number of nitro groups is 1. The maximum Gasteiger partial charge on any atom is 0.271 e. The summed E-state index contributed by atoms with van der Waals surface area (Å²) in [6.45, 7) is 0. The average molecular weight is 265 g/mol. The lowest BCUT2D eigenvalue weighted by Gasteiger charge is -2.08. The topological polar surface area (TPSA) is 99.9 Å². The van der Waals surface area contributed by atoms with Crippen molar-refractivity contribution in [2.45, 2.75) is 0 Å². The van der Waals surface area contributed by atoms with Gasteiger partial charge in [-0.1, -0.05) is 12.1 Å². The van der Waals surface area contributed by atoms with Crippen LogP contribution in [0.5, 0.6) is 11.5 Å². The van der Waals surface area contributed by atoms with Crippen molar-refractivity contribution in [1.82, 2.24) is 0 Å². The number of ether oxygens (including phenoxy) is 1. The molecule has 0 aromatic heterocycles. The fraction of sp³-hybridized carbons (Fsp3) is 0. The van der Waals surface area contributed by atoms with Gasteiger partial charge in [-0.15, -0.1) is 0 Å². The maximum atomic E-state index is 10.7. The van der Waals surface area contributed by atoms with Crippen LogP contribution in [-0.4, -0.2) is 4.92 Å². The molecule has 0 amide bonds. The van der Waals surface area contributed by atoms with Crippen LogP contribution in [0.15, 0.2) is 42.5 Å². The van der Waals surface area contributed by atoms with Crippen LogP contribution in [0, 0.1) is 32.8 Å². The predicted molar refractivity (Wildman–Crippen MR) is 69.0 cm³/mol. The molecule has 0 unspecified atom stereocenters. The molecule has 0 N–H and O–H groups in total. The molecule has 0 saturated heterocycles. The quantitative estimate of drug-likeness (QED) is 0.626. The van der Waals surface area contributed by atoms with Gasteiger partial charge in [0.05, 0.1) is 10.5 Å². The van der Waals surface area contributed by atoms with Gasteiger partial charge in [0.2, 0.25) is 0 Å². The normalized spacial score (nSPS) is 9.30. The molecule has 0 aliphatic carbocycles. The molecule has 0 heterocycles. The van der Waals surface area contributed by atoms with Gasteiger partial charge >= 0.3 is 0 Å². The summed E-state index contributed by atoms with van der Waals surface area (Å²) in [4.78, 5) is 10.1. The van der Waals surface area contributed by atoms with Gasteiger partial charge in [0.15, 0.2) is 0 Å². The first-order valence-electron chi connectivity index (χ1n) is 5.51. The highest BCUT2D eigenvalue weighted by molar-refractivity contribution is 5.53. The number of nitrogens with zero attached hydrogens (tertiary/aromatic N) is 3. The molecular weight excluding hydrogens is 258 g/mol. The van der Waals surface area contributed by atoms with Crippen LogP contribution in [0.25, 0.3) is 0 Å². The van der Waals surface area contributed by atoms with E-state index < -0.39 is 4.92 Å². The lowest BCUT2D eigenvalue weighted by Crippen LogP contribution is -1.93. The molecular formula is C14H7N3O3. The summed E-state index contributed by atoms with van der Waals surface area (Å²) in [6, 6.07) is 14.0. The van der Waals surface area contributed by atoms with Crippen LogP contribution in [0.4, 0.5) is 5.69 Å². The van der Waals surface area contributed by atoms with Crippen molar-refractivity contribution >= 4 is 5.69 Å². The lowest BCUT2D eigenvalue weighted by atomic mass is 10.2. The molecule has 0 atom stereocenters. The zero-order valence-electron chi connectivity index (χ0n) is 10.1. The molecule has 2 rings (SSSR count). The maximum absolute atomic E-state index is 10.7. The second-order valence-electron chi connectivity index (χ2n) is 3.76. The van der Waals surface area contributed by atoms with Gasteiger partial charge in [0.1, 0.15) is 29.2 Å². The van der Waals surface area contributed by atoms with E-state index in [1.807, 2.05) is 12.1 Å². The van der Waals surface area contributed by atoms with Gasteiger partial charge < -0.3 is 4.74 Å². The van der Waals surface area contributed by atoms with E-state index in [4.69, 9.17) is 15.3 Å². The molecule has 6 nitrogen and oxygen atoms in total. The summed E-state index contributed by atoms with van der Waals surface area (Å²) in [5.41, 5.74) is 0.157. The van der Waals surface area contributed by atoms with Crippen LogP contribution in [0.3, 0.4) is 0 Å². The standard InChI is InChI=1S/C14H7N3O3/c15-8-10-3-1-2-4-13(10)20-14-6-5-12(17(18)19)7-11(14)9-16/h1-7H. The third kappa shape index (κ3) is 2.55. The minimum absolute atomic E-state index is 0.0342. The second-order valence-corrected chi connectivity index (χ2v) is 3.76. The van der Waals surface area contributed by atoms with E-state index in [0.717, 1.165) is 6.07 Å². The summed E-state index contributed by atoms with van der Waals surface area (Å²) >= 11 is 0. The molecule has 6 heteroatoms. The molecule has 0 aliphatic rings. The third-order valence-corrected chi connectivity index (χ3v) is 2.52. The number of hydrogen-bond acceptors (Lipinski definition) is 5. The Hall–Kier alpha value is -3.38. The van der Waals surface area contributed by atoms with E-state index in [2.05, 4.69) is 0 Å². The van der Waals surface area contributed by atoms with Crippen molar-refractivity contribution in [2.75, 3.05) is 0 Å². The minimum Gasteiger partial charge on any atom is -0.455 e. The minimum atomic E-state index is -0.589. The lowest BCUT2D eigenvalue weighted by molar-refractivity contribution is -0.384. The van der Waals surface area contributed by atoms with Gasteiger partial charge in [0.25, 0.3) is 5.69 Å². The zero-order valence-corrected chi connectivity index (χ0v) is 10.1. The van der Waals surface area contributed by atoms with Crippen LogP contribution in [0.2, 0.25) is 0 Å². The Bertz CT molecular complexity index is 757. The molecule has 0 saturated carbocycles. The monoisotopic (exact) mass is 265 g/mol. The van der Waals surface area contributed by atoms with Gasteiger partial charge in [-0.25, -0.2) is 0 Å². The summed E-state index contributed by atoms with van der Waals surface area (Å²) in [6.07, 6.45) is 0. The largest absolute Gasteiger partial charge is 0.455 e.